The van der Waals surface area contributed by atoms with Gasteiger partial charge < -0.3 is 5.32 Å². The van der Waals surface area contributed by atoms with Gasteiger partial charge in [-0.2, -0.15) is 19.7 Å². The third-order valence-electron chi connectivity index (χ3n) is 3.63. The second-order valence-corrected chi connectivity index (χ2v) is 5.75. The molecule has 0 aromatic carbocycles. The van der Waals surface area contributed by atoms with Gasteiger partial charge in [0.05, 0.1) is 5.69 Å². The van der Waals surface area contributed by atoms with Crippen LogP contribution in [0, 0.1) is 13.8 Å². The van der Waals surface area contributed by atoms with E-state index >= 15 is 0 Å². The lowest BCUT2D eigenvalue weighted by Gasteiger charge is -2.14. The molecule has 23 heavy (non-hydrogen) atoms. The van der Waals surface area contributed by atoms with E-state index in [1.807, 2.05) is 34.0 Å². The molecular formula is C15H19N7O. The summed E-state index contributed by atoms with van der Waals surface area (Å²) in [5.74, 6) is 0.228. The van der Waals surface area contributed by atoms with E-state index in [1.165, 1.54) is 10.8 Å². The Morgan fingerprint density at radius 1 is 1.39 bits per heavy atom. The van der Waals surface area contributed by atoms with E-state index in [2.05, 4.69) is 25.5 Å². The second-order valence-electron chi connectivity index (χ2n) is 5.75. The number of carbonyl (C=O) groups excluding carboxylic acids is 1. The summed E-state index contributed by atoms with van der Waals surface area (Å²) in [5.41, 5.74) is 3.26. The predicted octanol–water partition coefficient (Wildman–Crippen LogP) is 0.836. The smallest absolute Gasteiger partial charge is 0.270 e. The Balaban J connectivity index is 1.77. The van der Waals surface area contributed by atoms with Crippen LogP contribution in [0.5, 0.6) is 0 Å². The van der Waals surface area contributed by atoms with Crippen LogP contribution in [0.1, 0.15) is 34.4 Å². The maximum Gasteiger partial charge on any atom is 0.270 e. The van der Waals surface area contributed by atoms with Gasteiger partial charge in [-0.15, -0.1) is 0 Å². The molecule has 3 aromatic rings. The number of fused-ring (bicyclic) bond motifs is 1. The van der Waals surface area contributed by atoms with E-state index in [-0.39, 0.29) is 11.9 Å². The summed E-state index contributed by atoms with van der Waals surface area (Å²) >= 11 is 0. The van der Waals surface area contributed by atoms with E-state index in [4.69, 9.17) is 0 Å². The molecule has 0 radical (unpaired) electrons. The monoisotopic (exact) mass is 313 g/mol. The van der Waals surface area contributed by atoms with Crippen LogP contribution in [-0.2, 0) is 13.5 Å². The number of hydrogen-bond donors (Lipinski definition) is 1. The number of nitrogens with zero attached hydrogens (tertiary/aromatic N) is 6. The van der Waals surface area contributed by atoms with Crippen LogP contribution in [0.15, 0.2) is 18.6 Å². The molecule has 1 N–H and O–H groups in total. The van der Waals surface area contributed by atoms with E-state index in [0.717, 1.165) is 23.4 Å². The second kappa shape index (κ2) is 5.79. The molecule has 0 spiro atoms. The normalized spacial score (nSPS) is 12.5. The largest absolute Gasteiger partial charge is 0.348 e. The maximum atomic E-state index is 12.6. The first-order chi connectivity index (χ1) is 10.9. The minimum absolute atomic E-state index is 0.0301. The van der Waals surface area contributed by atoms with E-state index < -0.39 is 0 Å². The van der Waals surface area contributed by atoms with Gasteiger partial charge in [0.2, 0.25) is 0 Å². The summed E-state index contributed by atoms with van der Waals surface area (Å²) in [7, 11) is 1.89. The Morgan fingerprint density at radius 3 is 2.87 bits per heavy atom. The van der Waals surface area contributed by atoms with Crippen molar-refractivity contribution in [2.75, 3.05) is 0 Å². The molecule has 8 heteroatoms. The summed E-state index contributed by atoms with van der Waals surface area (Å²) in [6.07, 6.45) is 4.08. The van der Waals surface area contributed by atoms with Gasteiger partial charge in [0.15, 0.2) is 0 Å². The fourth-order valence-electron chi connectivity index (χ4n) is 2.62. The van der Waals surface area contributed by atoms with Crippen LogP contribution in [-0.4, -0.2) is 41.3 Å². The zero-order chi connectivity index (χ0) is 16.6. The van der Waals surface area contributed by atoms with Crippen molar-refractivity contribution in [3.8, 4) is 0 Å². The molecule has 0 aliphatic carbocycles. The number of aromatic nitrogens is 6. The summed E-state index contributed by atoms with van der Waals surface area (Å²) in [6.45, 7) is 5.76. The minimum atomic E-state index is -0.194. The van der Waals surface area contributed by atoms with Crippen molar-refractivity contribution in [3.05, 3.63) is 41.2 Å². The summed E-state index contributed by atoms with van der Waals surface area (Å²) in [4.78, 5) is 20.8. The highest BCUT2D eigenvalue weighted by Gasteiger charge is 2.17. The molecule has 0 unspecified atom stereocenters. The van der Waals surface area contributed by atoms with Crippen LogP contribution in [0.3, 0.4) is 0 Å². The van der Waals surface area contributed by atoms with Crippen molar-refractivity contribution in [2.24, 2.45) is 7.05 Å². The van der Waals surface area contributed by atoms with Gasteiger partial charge in [-0.3, -0.25) is 9.48 Å². The zero-order valence-electron chi connectivity index (χ0n) is 13.6. The summed E-state index contributed by atoms with van der Waals surface area (Å²) < 4.78 is 3.23. The van der Waals surface area contributed by atoms with Crippen molar-refractivity contribution in [3.63, 3.8) is 0 Å². The first kappa shape index (κ1) is 15.1. The highest BCUT2D eigenvalue weighted by atomic mass is 16.2. The standard InChI is InChI=1S/C15H19N7O/c1-9(5-12-7-21(4)20-11(12)3)18-14(23)13-6-10(2)19-15-16-8-17-22(13)15/h6-9H,5H2,1-4H3,(H,18,23)/t9-/m1/s1. The molecule has 120 valence electrons. The summed E-state index contributed by atoms with van der Waals surface area (Å²) in [5, 5.41) is 11.4. The quantitative estimate of drug-likeness (QED) is 0.770. The van der Waals surface area contributed by atoms with E-state index in [1.54, 1.807) is 10.7 Å². The molecular weight excluding hydrogens is 294 g/mol. The Labute approximate surface area is 133 Å². The lowest BCUT2D eigenvalue weighted by Crippen LogP contribution is -2.35. The number of carbonyl (C=O) groups is 1. The molecule has 0 aliphatic rings. The number of nitrogens with one attached hydrogen (secondary N) is 1. The Kier molecular flexibility index (Phi) is 3.81. The van der Waals surface area contributed by atoms with Crippen LogP contribution in [0.25, 0.3) is 5.78 Å². The van der Waals surface area contributed by atoms with Gasteiger partial charge in [0.25, 0.3) is 11.7 Å². The highest BCUT2D eigenvalue weighted by molar-refractivity contribution is 5.93. The molecule has 3 heterocycles. The van der Waals surface area contributed by atoms with E-state index in [9.17, 15) is 4.79 Å². The maximum absolute atomic E-state index is 12.6. The minimum Gasteiger partial charge on any atom is -0.348 e. The number of amides is 1. The van der Waals surface area contributed by atoms with Crippen molar-refractivity contribution in [2.45, 2.75) is 33.2 Å². The van der Waals surface area contributed by atoms with Crippen molar-refractivity contribution in [1.82, 2.24) is 34.7 Å². The Hall–Kier alpha value is -2.77. The molecule has 0 bridgehead atoms. The lowest BCUT2D eigenvalue weighted by atomic mass is 10.1. The van der Waals surface area contributed by atoms with Gasteiger partial charge in [0.1, 0.15) is 12.0 Å². The fourth-order valence-corrected chi connectivity index (χ4v) is 2.62. The first-order valence-corrected chi connectivity index (χ1v) is 7.41. The van der Waals surface area contributed by atoms with Crippen molar-refractivity contribution < 1.29 is 4.79 Å². The van der Waals surface area contributed by atoms with Gasteiger partial charge >= 0.3 is 0 Å². The van der Waals surface area contributed by atoms with E-state index in [0.29, 0.717) is 11.5 Å². The highest BCUT2D eigenvalue weighted by Crippen LogP contribution is 2.09. The van der Waals surface area contributed by atoms with Crippen LogP contribution in [0.2, 0.25) is 0 Å². The van der Waals surface area contributed by atoms with Gasteiger partial charge in [-0.25, -0.2) is 4.98 Å². The lowest BCUT2D eigenvalue weighted by molar-refractivity contribution is 0.0932. The number of hydrogen-bond acceptors (Lipinski definition) is 5. The molecule has 0 saturated heterocycles. The number of rotatable bonds is 4. The average molecular weight is 313 g/mol. The Morgan fingerprint density at radius 2 is 2.17 bits per heavy atom. The molecule has 1 amide bonds. The predicted molar refractivity (Wildman–Crippen MR) is 84.1 cm³/mol. The molecule has 0 aliphatic heterocycles. The molecule has 0 saturated carbocycles. The van der Waals surface area contributed by atoms with Crippen LogP contribution in [0.4, 0.5) is 0 Å². The third kappa shape index (κ3) is 3.05. The number of aryl methyl sites for hydroxylation is 3. The van der Waals surface area contributed by atoms with Gasteiger partial charge in [-0.05, 0) is 38.8 Å². The molecule has 3 rings (SSSR count). The first-order valence-electron chi connectivity index (χ1n) is 7.41. The SMILES string of the molecule is Cc1cc(C(=O)N[C@H](C)Cc2cn(C)nc2C)n2ncnc2n1. The topological polar surface area (TPSA) is 90.0 Å². The van der Waals surface area contributed by atoms with Crippen molar-refractivity contribution in [1.29, 1.82) is 0 Å². The van der Waals surface area contributed by atoms with Gasteiger partial charge in [0, 0.05) is 25.0 Å². The summed E-state index contributed by atoms with van der Waals surface area (Å²) in [6, 6.07) is 1.68. The molecule has 1 atom stereocenters. The average Bonchev–Trinajstić information content (AvgIpc) is 3.04. The molecule has 8 nitrogen and oxygen atoms in total. The Bertz CT molecular complexity index is 864. The third-order valence-corrected chi connectivity index (χ3v) is 3.63. The van der Waals surface area contributed by atoms with Crippen LogP contribution >= 0.6 is 0 Å². The van der Waals surface area contributed by atoms with Gasteiger partial charge in [-0.1, -0.05) is 0 Å². The van der Waals surface area contributed by atoms with Crippen LogP contribution < -0.4 is 5.32 Å². The fraction of sp³-hybridized carbons (Fsp3) is 0.400. The van der Waals surface area contributed by atoms with Crippen molar-refractivity contribution >= 4 is 11.7 Å². The molecule has 3 aromatic heterocycles. The molecule has 0 fully saturated rings. The zero-order valence-corrected chi connectivity index (χ0v) is 13.6.